The van der Waals surface area contributed by atoms with Crippen LogP contribution in [0.1, 0.15) is 22.3 Å². The number of hydrogen-bond acceptors (Lipinski definition) is 12. The third kappa shape index (κ3) is 8.23. The summed E-state index contributed by atoms with van der Waals surface area (Å²) in [6.45, 7) is 0. The summed E-state index contributed by atoms with van der Waals surface area (Å²) in [7, 11) is 0. The van der Waals surface area contributed by atoms with Crippen molar-refractivity contribution >= 4 is 95.6 Å². The van der Waals surface area contributed by atoms with Gasteiger partial charge in [0.25, 0.3) is 0 Å². The smallest absolute Gasteiger partial charge is 0.173 e. The average molecular weight is 681 g/mol. The summed E-state index contributed by atoms with van der Waals surface area (Å²) in [5, 5.41) is 21.8. The first-order chi connectivity index (χ1) is 21.8. The van der Waals surface area contributed by atoms with Crippen LogP contribution in [0.25, 0.3) is 20.7 Å². The molecular formula is C32H21ClN8S4. The Morgan fingerprint density at radius 3 is 1.93 bits per heavy atom. The number of nitrogens with two attached hydrogens (primary N) is 1. The standard InChI is InChI=1S/C16H10N4S2.C8H4ClN3S2.C8H7N/c1-3-10-5-4-6-12(7-10)19-13-11(8-17)9-18-15-14(13)22-16(20-15)21-2;1-13-8-12-7-6(14-8)5(9)4(2-10)3-11-7;1-2-7-4-3-5-8(9)6-7/h1,4-7,9H,2H3,(H,18,19);3H,1H3;1,3-6H,9H2. The van der Waals surface area contributed by atoms with Gasteiger partial charge in [0, 0.05) is 34.9 Å². The van der Waals surface area contributed by atoms with Crippen LogP contribution in [0.5, 0.6) is 0 Å². The van der Waals surface area contributed by atoms with Gasteiger partial charge in [0.15, 0.2) is 20.0 Å². The van der Waals surface area contributed by atoms with Crippen LogP contribution in [0.2, 0.25) is 5.02 Å². The molecular weight excluding hydrogens is 660 g/mol. The minimum absolute atomic E-state index is 0.399. The molecule has 220 valence electrons. The number of terminal acetylenes is 2. The number of nitriles is 2. The Morgan fingerprint density at radius 1 is 0.822 bits per heavy atom. The van der Waals surface area contributed by atoms with E-state index in [0.29, 0.717) is 33.1 Å². The van der Waals surface area contributed by atoms with Gasteiger partial charge in [0.1, 0.15) is 12.1 Å². The first kappa shape index (κ1) is 33.1. The lowest BCUT2D eigenvalue weighted by Gasteiger charge is -2.09. The Bertz CT molecular complexity index is 2160. The van der Waals surface area contributed by atoms with E-state index in [1.54, 1.807) is 41.9 Å². The highest BCUT2D eigenvalue weighted by Crippen LogP contribution is 2.36. The Morgan fingerprint density at radius 2 is 1.38 bits per heavy atom. The highest BCUT2D eigenvalue weighted by Gasteiger charge is 2.14. The maximum atomic E-state index is 9.34. The van der Waals surface area contributed by atoms with Crippen molar-refractivity contribution in [3.05, 3.63) is 88.2 Å². The Labute approximate surface area is 281 Å². The van der Waals surface area contributed by atoms with E-state index in [9.17, 15) is 5.26 Å². The molecule has 0 aliphatic carbocycles. The summed E-state index contributed by atoms with van der Waals surface area (Å²) < 4.78 is 3.48. The normalized spacial score (nSPS) is 9.84. The number of aromatic nitrogens is 4. The van der Waals surface area contributed by atoms with Crippen LogP contribution in [0.3, 0.4) is 0 Å². The van der Waals surface area contributed by atoms with Gasteiger partial charge in [-0.05, 0) is 48.9 Å². The number of rotatable bonds is 4. The maximum Gasteiger partial charge on any atom is 0.173 e. The van der Waals surface area contributed by atoms with Crippen LogP contribution in [0, 0.1) is 47.3 Å². The van der Waals surface area contributed by atoms with Crippen LogP contribution in [-0.2, 0) is 0 Å². The van der Waals surface area contributed by atoms with Gasteiger partial charge in [0.2, 0.25) is 0 Å². The lowest BCUT2D eigenvalue weighted by molar-refractivity contribution is 1.23. The molecule has 13 heteroatoms. The maximum absolute atomic E-state index is 9.34. The van der Waals surface area contributed by atoms with Crippen molar-refractivity contribution in [2.45, 2.75) is 8.68 Å². The predicted octanol–water partition coefficient (Wildman–Crippen LogP) is 8.20. The molecule has 45 heavy (non-hydrogen) atoms. The Hall–Kier alpha value is -4.79. The minimum atomic E-state index is 0.399. The first-order valence-corrected chi connectivity index (χ1v) is 17.1. The third-order valence-corrected chi connectivity index (χ3v) is 10.3. The van der Waals surface area contributed by atoms with Gasteiger partial charge in [0.05, 0.1) is 31.2 Å². The van der Waals surface area contributed by atoms with Gasteiger partial charge < -0.3 is 11.1 Å². The second-order valence-corrected chi connectivity index (χ2v) is 13.0. The lowest BCUT2D eigenvalue weighted by atomic mass is 10.2. The molecule has 0 saturated carbocycles. The number of anilines is 3. The fourth-order valence-corrected chi connectivity index (χ4v) is 6.87. The lowest BCUT2D eigenvalue weighted by Crippen LogP contribution is -1.95. The summed E-state index contributed by atoms with van der Waals surface area (Å²) >= 11 is 12.1. The summed E-state index contributed by atoms with van der Waals surface area (Å²) in [4.78, 5) is 17.0. The zero-order valence-electron chi connectivity index (χ0n) is 23.7. The zero-order chi connectivity index (χ0) is 32.3. The Kier molecular flexibility index (Phi) is 11.6. The van der Waals surface area contributed by atoms with Crippen LogP contribution in [0.4, 0.5) is 17.1 Å². The van der Waals surface area contributed by atoms with Gasteiger partial charge in [-0.15, -0.1) is 35.5 Å². The molecule has 8 nitrogen and oxygen atoms in total. The summed E-state index contributed by atoms with van der Waals surface area (Å²) in [5.74, 6) is 5.09. The van der Waals surface area contributed by atoms with Crippen LogP contribution in [-0.4, -0.2) is 32.4 Å². The van der Waals surface area contributed by atoms with Crippen molar-refractivity contribution in [1.29, 1.82) is 10.5 Å². The fraction of sp³-hybridized carbons (Fsp3) is 0.0625. The number of thioether (sulfide) groups is 2. The van der Waals surface area contributed by atoms with E-state index in [1.807, 2.05) is 55.0 Å². The monoisotopic (exact) mass is 680 g/mol. The number of hydrogen-bond donors (Lipinski definition) is 2. The SMILES string of the molecule is C#Cc1cccc(N)c1.C#Cc1cccc(Nc2c(C#N)cnc3nc(SC)sc23)c1.CSc1nc2ncc(C#N)c(Cl)c2s1. The van der Waals surface area contributed by atoms with E-state index in [1.165, 1.54) is 28.9 Å². The summed E-state index contributed by atoms with van der Waals surface area (Å²) in [6, 6.07) is 18.9. The van der Waals surface area contributed by atoms with E-state index in [2.05, 4.69) is 43.2 Å². The number of nitrogens with one attached hydrogen (secondary N) is 1. The van der Waals surface area contributed by atoms with Gasteiger partial charge in [-0.2, -0.15) is 10.5 Å². The molecule has 3 N–H and O–H groups in total. The highest BCUT2D eigenvalue weighted by atomic mass is 35.5. The highest BCUT2D eigenvalue weighted by molar-refractivity contribution is 8.00. The molecule has 0 aliphatic rings. The average Bonchev–Trinajstić information content (AvgIpc) is 3.71. The zero-order valence-corrected chi connectivity index (χ0v) is 27.7. The molecule has 0 saturated heterocycles. The molecule has 0 radical (unpaired) electrons. The Balaban J connectivity index is 0.000000171. The molecule has 4 heterocycles. The molecule has 0 unspecified atom stereocenters. The number of benzene rings is 2. The van der Waals surface area contributed by atoms with Gasteiger partial charge >= 0.3 is 0 Å². The van der Waals surface area contributed by atoms with Crippen molar-refractivity contribution in [3.8, 4) is 36.8 Å². The van der Waals surface area contributed by atoms with E-state index in [0.717, 1.165) is 40.6 Å². The predicted molar refractivity (Wildman–Crippen MR) is 189 cm³/mol. The molecule has 0 bridgehead atoms. The quantitative estimate of drug-likeness (QED) is 0.106. The van der Waals surface area contributed by atoms with Crippen LogP contribution < -0.4 is 11.1 Å². The second-order valence-electron chi connectivity index (χ2n) is 8.55. The van der Waals surface area contributed by atoms with Crippen molar-refractivity contribution in [3.63, 3.8) is 0 Å². The first-order valence-electron chi connectivity index (χ1n) is 12.6. The fourth-order valence-electron chi connectivity index (χ4n) is 3.61. The van der Waals surface area contributed by atoms with Crippen LogP contribution >= 0.6 is 57.8 Å². The molecule has 0 fully saturated rings. The molecule has 0 aliphatic heterocycles. The number of nitrogens with zero attached hydrogens (tertiary/aromatic N) is 6. The summed E-state index contributed by atoms with van der Waals surface area (Å²) in [6.07, 6.45) is 17.4. The van der Waals surface area contributed by atoms with Crippen molar-refractivity contribution in [2.24, 2.45) is 0 Å². The van der Waals surface area contributed by atoms with E-state index in [-0.39, 0.29) is 0 Å². The molecule has 0 amide bonds. The van der Waals surface area contributed by atoms with E-state index >= 15 is 0 Å². The summed E-state index contributed by atoms with van der Waals surface area (Å²) in [5.41, 5.74) is 11.5. The number of halogens is 1. The van der Waals surface area contributed by atoms with E-state index < -0.39 is 0 Å². The molecule has 0 atom stereocenters. The van der Waals surface area contributed by atoms with Gasteiger partial charge in [-0.3, -0.25) is 0 Å². The molecule has 6 aromatic rings. The third-order valence-electron chi connectivity index (χ3n) is 5.69. The number of nitrogen functional groups attached to an aromatic ring is 1. The van der Waals surface area contributed by atoms with Crippen LogP contribution in [0.15, 0.2) is 69.6 Å². The largest absolute Gasteiger partial charge is 0.399 e. The van der Waals surface area contributed by atoms with E-state index in [4.69, 9.17) is 35.4 Å². The number of pyridine rings is 2. The van der Waals surface area contributed by atoms with Crippen molar-refractivity contribution in [1.82, 2.24) is 19.9 Å². The topological polar surface area (TPSA) is 137 Å². The molecule has 4 aromatic heterocycles. The molecule has 6 rings (SSSR count). The molecule has 0 spiro atoms. The number of fused-ring (bicyclic) bond motifs is 2. The molecule has 2 aromatic carbocycles. The van der Waals surface area contributed by atoms with Gasteiger partial charge in [-0.1, -0.05) is 59.1 Å². The minimum Gasteiger partial charge on any atom is -0.399 e. The van der Waals surface area contributed by atoms with Gasteiger partial charge in [-0.25, -0.2) is 19.9 Å². The van der Waals surface area contributed by atoms with Crippen molar-refractivity contribution in [2.75, 3.05) is 23.6 Å². The second kappa shape index (κ2) is 15.8. The van der Waals surface area contributed by atoms with Crippen molar-refractivity contribution < 1.29 is 0 Å². The number of thiazole rings is 2.